The minimum Gasteiger partial charge on any atom is -0.458 e. The molecule has 4 aliphatic carbocycles. The first kappa shape index (κ1) is 15.8. The van der Waals surface area contributed by atoms with E-state index in [1.807, 2.05) is 6.08 Å². The molecule has 3 nitrogen and oxygen atoms in total. The predicted molar refractivity (Wildman–Crippen MR) is 94.7 cm³/mol. The van der Waals surface area contributed by atoms with Gasteiger partial charge in [-0.25, -0.2) is 0 Å². The number of hydrogen-bond donors (Lipinski definition) is 0. The summed E-state index contributed by atoms with van der Waals surface area (Å²) in [7, 11) is 0. The first-order chi connectivity index (χ1) is 11.9. The van der Waals surface area contributed by atoms with E-state index in [9.17, 15) is 9.59 Å². The number of carbonyl (C=O) groups is 2. The number of esters is 1. The minimum atomic E-state index is -0.212. The highest BCUT2D eigenvalue weighted by Gasteiger charge is 2.65. The Morgan fingerprint density at radius 2 is 1.88 bits per heavy atom. The number of rotatable bonds is 0. The summed E-state index contributed by atoms with van der Waals surface area (Å²) < 4.78 is 5.98. The van der Waals surface area contributed by atoms with Gasteiger partial charge in [0.2, 0.25) is 0 Å². The largest absolute Gasteiger partial charge is 0.458 e. The number of hydrogen-bond acceptors (Lipinski definition) is 3. The van der Waals surface area contributed by atoms with Crippen molar-refractivity contribution < 1.29 is 14.3 Å². The Hall–Kier alpha value is -1.38. The Bertz CT molecular complexity index is 732. The lowest BCUT2D eigenvalue weighted by atomic mass is 9.50. The maximum atomic E-state index is 11.9. The zero-order valence-electron chi connectivity index (χ0n) is 15.4. The van der Waals surface area contributed by atoms with Crippen molar-refractivity contribution in [1.82, 2.24) is 0 Å². The van der Waals surface area contributed by atoms with Crippen molar-refractivity contribution in [3.05, 3.63) is 23.3 Å². The molecule has 0 N–H and O–H groups in total. The number of carbonyl (C=O) groups excluding carboxylic acids is 2. The fraction of sp³-hybridized carbons (Fsp3) is 0.727. The molecule has 0 amide bonds. The Morgan fingerprint density at radius 3 is 2.64 bits per heavy atom. The van der Waals surface area contributed by atoms with Gasteiger partial charge in [0.15, 0.2) is 5.78 Å². The van der Waals surface area contributed by atoms with Gasteiger partial charge in [-0.15, -0.1) is 0 Å². The van der Waals surface area contributed by atoms with E-state index in [1.165, 1.54) is 12.0 Å². The third-order valence-corrected chi connectivity index (χ3v) is 8.67. The normalized spacial score (nSPS) is 48.4. The molecule has 134 valence electrons. The average molecular weight is 340 g/mol. The highest BCUT2D eigenvalue weighted by atomic mass is 16.6. The molecule has 1 aliphatic heterocycles. The van der Waals surface area contributed by atoms with Crippen molar-refractivity contribution in [2.45, 2.75) is 77.2 Å². The number of ketones is 1. The topological polar surface area (TPSA) is 43.4 Å². The average Bonchev–Trinajstić information content (AvgIpc) is 3.10. The summed E-state index contributed by atoms with van der Waals surface area (Å²) in [6.07, 6.45) is 13.1. The lowest BCUT2D eigenvalue weighted by molar-refractivity contribution is -0.160. The molecular weight excluding hydrogens is 312 g/mol. The molecular formula is C22H28O3. The Labute approximate surface area is 149 Å². The van der Waals surface area contributed by atoms with E-state index in [1.54, 1.807) is 5.57 Å². The molecule has 2 saturated carbocycles. The van der Waals surface area contributed by atoms with Crippen molar-refractivity contribution in [1.29, 1.82) is 0 Å². The molecule has 5 aliphatic rings. The zero-order chi connectivity index (χ0) is 17.4. The summed E-state index contributed by atoms with van der Waals surface area (Å²) >= 11 is 0. The maximum Gasteiger partial charge on any atom is 0.306 e. The van der Waals surface area contributed by atoms with Crippen LogP contribution in [0.15, 0.2) is 23.3 Å². The fourth-order valence-electron chi connectivity index (χ4n) is 7.14. The predicted octanol–water partition coefficient (Wildman–Crippen LogP) is 4.51. The lowest BCUT2D eigenvalue weighted by Crippen LogP contribution is -2.50. The number of ether oxygens (including phenoxy) is 1. The van der Waals surface area contributed by atoms with Gasteiger partial charge in [-0.2, -0.15) is 0 Å². The molecule has 25 heavy (non-hydrogen) atoms. The fourth-order valence-corrected chi connectivity index (χ4v) is 7.14. The van der Waals surface area contributed by atoms with E-state index in [2.05, 4.69) is 19.9 Å². The second kappa shape index (κ2) is 4.86. The molecule has 0 aromatic carbocycles. The van der Waals surface area contributed by atoms with Gasteiger partial charge in [0.05, 0.1) is 0 Å². The van der Waals surface area contributed by atoms with Crippen LogP contribution in [0.2, 0.25) is 0 Å². The van der Waals surface area contributed by atoms with Crippen LogP contribution in [0.4, 0.5) is 0 Å². The summed E-state index contributed by atoms with van der Waals surface area (Å²) in [6, 6.07) is 0. The standard InChI is InChI=1S/C22H28O3/c1-20-9-5-15(23)13-14(20)3-4-16-17(20)6-10-21(2)18(16)7-11-22(21)12-8-19(24)25-22/h6,13,16,18H,3-5,7-12H2,1-2H3/t16?,18?,20-,21-,22+/m0/s1. The molecule has 0 bridgehead atoms. The number of fused-ring (bicyclic) bond motifs is 6. The van der Waals surface area contributed by atoms with Crippen LogP contribution in [-0.4, -0.2) is 17.4 Å². The summed E-state index contributed by atoms with van der Waals surface area (Å²) in [5, 5.41) is 0. The quantitative estimate of drug-likeness (QED) is 0.481. The van der Waals surface area contributed by atoms with Crippen molar-refractivity contribution in [3.63, 3.8) is 0 Å². The van der Waals surface area contributed by atoms with Gasteiger partial charge in [-0.3, -0.25) is 9.59 Å². The smallest absolute Gasteiger partial charge is 0.306 e. The second-order valence-corrected chi connectivity index (χ2v) is 9.51. The third-order valence-electron chi connectivity index (χ3n) is 8.67. The molecule has 1 spiro atoms. The molecule has 0 aromatic rings. The minimum absolute atomic E-state index is 0.00303. The Balaban J connectivity index is 1.55. The lowest BCUT2D eigenvalue weighted by Gasteiger charge is -2.54. The van der Waals surface area contributed by atoms with E-state index in [0.717, 1.165) is 38.5 Å². The van der Waals surface area contributed by atoms with Gasteiger partial charge < -0.3 is 4.74 Å². The van der Waals surface area contributed by atoms with E-state index < -0.39 is 0 Å². The first-order valence-corrected chi connectivity index (χ1v) is 10.0. The molecule has 3 heteroatoms. The molecule has 1 saturated heterocycles. The van der Waals surface area contributed by atoms with Crippen LogP contribution in [-0.2, 0) is 14.3 Å². The van der Waals surface area contributed by atoms with Crippen LogP contribution in [0, 0.1) is 22.7 Å². The van der Waals surface area contributed by atoms with E-state index in [-0.39, 0.29) is 22.4 Å². The van der Waals surface area contributed by atoms with Crippen LogP contribution in [0.5, 0.6) is 0 Å². The Kier molecular flexibility index (Phi) is 3.08. The van der Waals surface area contributed by atoms with Crippen molar-refractivity contribution >= 4 is 11.8 Å². The van der Waals surface area contributed by atoms with Gasteiger partial charge in [0, 0.05) is 23.7 Å². The van der Waals surface area contributed by atoms with Crippen molar-refractivity contribution in [2.75, 3.05) is 0 Å². The maximum absolute atomic E-state index is 11.9. The number of allylic oxidation sites excluding steroid dienone is 4. The summed E-state index contributed by atoms with van der Waals surface area (Å²) in [6.45, 7) is 4.75. The molecule has 5 atom stereocenters. The Morgan fingerprint density at radius 1 is 1.04 bits per heavy atom. The highest BCUT2D eigenvalue weighted by molar-refractivity contribution is 5.92. The summed E-state index contributed by atoms with van der Waals surface area (Å²) in [5.74, 6) is 1.54. The zero-order valence-corrected chi connectivity index (χ0v) is 15.4. The summed E-state index contributed by atoms with van der Waals surface area (Å²) in [4.78, 5) is 23.8. The van der Waals surface area contributed by atoms with Gasteiger partial charge in [-0.1, -0.05) is 31.1 Å². The molecule has 5 rings (SSSR count). The van der Waals surface area contributed by atoms with E-state index in [0.29, 0.717) is 30.5 Å². The van der Waals surface area contributed by atoms with Crippen LogP contribution in [0.1, 0.15) is 71.6 Å². The van der Waals surface area contributed by atoms with E-state index in [4.69, 9.17) is 4.74 Å². The van der Waals surface area contributed by atoms with Gasteiger partial charge in [0.25, 0.3) is 0 Å². The van der Waals surface area contributed by atoms with Crippen LogP contribution in [0.25, 0.3) is 0 Å². The van der Waals surface area contributed by atoms with Crippen LogP contribution < -0.4 is 0 Å². The molecule has 0 aromatic heterocycles. The van der Waals surface area contributed by atoms with Crippen molar-refractivity contribution in [2.24, 2.45) is 22.7 Å². The van der Waals surface area contributed by atoms with Gasteiger partial charge in [0.1, 0.15) is 5.60 Å². The van der Waals surface area contributed by atoms with Gasteiger partial charge >= 0.3 is 5.97 Å². The van der Waals surface area contributed by atoms with Crippen LogP contribution in [0.3, 0.4) is 0 Å². The highest BCUT2D eigenvalue weighted by Crippen LogP contribution is 2.67. The van der Waals surface area contributed by atoms with Gasteiger partial charge in [-0.05, 0) is 62.9 Å². The van der Waals surface area contributed by atoms with Crippen molar-refractivity contribution in [3.8, 4) is 0 Å². The third kappa shape index (κ3) is 1.88. The van der Waals surface area contributed by atoms with E-state index >= 15 is 0 Å². The second-order valence-electron chi connectivity index (χ2n) is 9.51. The molecule has 0 radical (unpaired) electrons. The molecule has 3 fully saturated rings. The molecule has 2 unspecified atom stereocenters. The first-order valence-electron chi connectivity index (χ1n) is 10.0. The molecule has 1 heterocycles. The monoisotopic (exact) mass is 340 g/mol. The van der Waals surface area contributed by atoms with Crippen LogP contribution >= 0.6 is 0 Å². The summed E-state index contributed by atoms with van der Waals surface area (Å²) in [5.41, 5.74) is 2.95. The SMILES string of the molecule is C[C@]12CCC(=O)C=C1CCC1C2=CC[C@@]2(C)C1CC[C@@]21CCC(=O)O1.